The average Bonchev–Trinajstić information content (AvgIpc) is 2.62. The molecule has 1 atom stereocenters. The van der Waals surface area contributed by atoms with Crippen molar-refractivity contribution >= 4 is 33.0 Å². The third-order valence-electron chi connectivity index (χ3n) is 4.02. The topological polar surface area (TPSA) is 98.8 Å². The molecule has 0 N–H and O–H groups in total. The van der Waals surface area contributed by atoms with E-state index in [0.29, 0.717) is 25.4 Å². The number of benzene rings is 2. The van der Waals surface area contributed by atoms with Crippen LogP contribution in [0.4, 0.5) is 17.1 Å². The molecule has 1 fully saturated rings. The number of ether oxygens (including phenoxy) is 1. The van der Waals surface area contributed by atoms with Gasteiger partial charge in [-0.05, 0) is 23.8 Å². The fourth-order valence-electron chi connectivity index (χ4n) is 2.79. The molecule has 25 heavy (non-hydrogen) atoms. The van der Waals surface area contributed by atoms with Crippen LogP contribution in [0.3, 0.4) is 0 Å². The second-order valence-electron chi connectivity index (χ2n) is 5.54. The van der Waals surface area contributed by atoms with Gasteiger partial charge in [0.05, 0.1) is 22.5 Å². The molecule has 130 valence electrons. The molecule has 0 radical (unpaired) electrons. The largest absolute Gasteiger partial charge is 0.370 e. The fraction of sp³-hybridized carbons (Fsp3) is 0.250. The van der Waals surface area contributed by atoms with Crippen LogP contribution in [-0.4, -0.2) is 29.5 Å². The molecule has 1 heterocycles. The highest BCUT2D eigenvalue weighted by molar-refractivity contribution is 9.10. The summed E-state index contributed by atoms with van der Waals surface area (Å²) < 4.78 is 6.74. The summed E-state index contributed by atoms with van der Waals surface area (Å²) in [7, 11) is 0. The van der Waals surface area contributed by atoms with Crippen molar-refractivity contribution in [1.82, 2.24) is 0 Å². The first-order chi connectivity index (χ1) is 12.0. The lowest BCUT2D eigenvalue weighted by molar-refractivity contribution is -0.393. The monoisotopic (exact) mass is 407 g/mol. The van der Waals surface area contributed by atoms with Gasteiger partial charge < -0.3 is 9.64 Å². The zero-order chi connectivity index (χ0) is 18.0. The maximum absolute atomic E-state index is 11.3. The van der Waals surface area contributed by atoms with E-state index in [-0.39, 0.29) is 17.5 Å². The van der Waals surface area contributed by atoms with Crippen molar-refractivity contribution in [3.63, 3.8) is 0 Å². The molecule has 1 unspecified atom stereocenters. The molecule has 0 aromatic heterocycles. The lowest BCUT2D eigenvalue weighted by Crippen LogP contribution is -2.38. The van der Waals surface area contributed by atoms with Crippen LogP contribution in [0.25, 0.3) is 0 Å². The van der Waals surface area contributed by atoms with E-state index in [0.717, 1.165) is 16.1 Å². The van der Waals surface area contributed by atoms with E-state index >= 15 is 0 Å². The summed E-state index contributed by atoms with van der Waals surface area (Å²) in [6.07, 6.45) is -0.225. The minimum Gasteiger partial charge on any atom is -0.370 e. The highest BCUT2D eigenvalue weighted by Crippen LogP contribution is 2.35. The maximum Gasteiger partial charge on any atom is 0.299 e. The van der Waals surface area contributed by atoms with Crippen LogP contribution in [0.15, 0.2) is 46.9 Å². The van der Waals surface area contributed by atoms with E-state index < -0.39 is 9.85 Å². The quantitative estimate of drug-likeness (QED) is 0.563. The van der Waals surface area contributed by atoms with Crippen molar-refractivity contribution in [2.24, 2.45) is 0 Å². The first-order valence-electron chi connectivity index (χ1n) is 7.50. The Morgan fingerprint density at radius 1 is 1.08 bits per heavy atom. The molecular weight excluding hydrogens is 394 g/mol. The van der Waals surface area contributed by atoms with Crippen molar-refractivity contribution in [2.45, 2.75) is 6.10 Å². The summed E-state index contributed by atoms with van der Waals surface area (Å²) in [5.74, 6) is 0. The molecule has 0 spiro atoms. The van der Waals surface area contributed by atoms with Crippen molar-refractivity contribution in [2.75, 3.05) is 24.6 Å². The Balaban J connectivity index is 1.89. The molecule has 0 amide bonds. The van der Waals surface area contributed by atoms with Crippen LogP contribution in [0.5, 0.6) is 0 Å². The van der Waals surface area contributed by atoms with Crippen molar-refractivity contribution < 1.29 is 14.6 Å². The maximum atomic E-state index is 11.3. The highest BCUT2D eigenvalue weighted by Gasteiger charge is 2.28. The Labute approximate surface area is 151 Å². The van der Waals surface area contributed by atoms with Crippen LogP contribution >= 0.6 is 15.9 Å². The third-order valence-corrected chi connectivity index (χ3v) is 4.54. The minimum atomic E-state index is -0.638. The van der Waals surface area contributed by atoms with Crippen molar-refractivity contribution in [3.05, 3.63) is 72.7 Å². The summed E-state index contributed by atoms with van der Waals surface area (Å²) >= 11 is 3.38. The van der Waals surface area contributed by atoms with Gasteiger partial charge >= 0.3 is 0 Å². The lowest BCUT2D eigenvalue weighted by Gasteiger charge is -2.34. The van der Waals surface area contributed by atoms with Gasteiger partial charge in [-0.15, -0.1) is 0 Å². The van der Waals surface area contributed by atoms with Crippen LogP contribution in [0.1, 0.15) is 11.7 Å². The molecule has 3 rings (SSSR count). The molecule has 0 bridgehead atoms. The van der Waals surface area contributed by atoms with Gasteiger partial charge in [0.1, 0.15) is 11.8 Å². The van der Waals surface area contributed by atoms with Gasteiger partial charge in [0.25, 0.3) is 11.4 Å². The van der Waals surface area contributed by atoms with Gasteiger partial charge in [0, 0.05) is 23.6 Å². The Kier molecular flexibility index (Phi) is 4.95. The lowest BCUT2D eigenvalue weighted by atomic mass is 10.1. The number of hydrogen-bond donors (Lipinski definition) is 0. The Hall–Kier alpha value is -2.52. The second kappa shape index (κ2) is 7.16. The number of anilines is 1. The number of nitro benzene ring substituents is 2. The number of non-ortho nitro benzene ring substituents is 1. The summed E-state index contributed by atoms with van der Waals surface area (Å²) in [6, 6.07) is 11.4. The zero-order valence-corrected chi connectivity index (χ0v) is 14.6. The third kappa shape index (κ3) is 3.77. The Morgan fingerprint density at radius 3 is 2.44 bits per heavy atom. The van der Waals surface area contributed by atoms with Crippen LogP contribution < -0.4 is 4.90 Å². The molecule has 2 aromatic carbocycles. The Morgan fingerprint density at radius 2 is 1.80 bits per heavy atom. The molecule has 0 aliphatic carbocycles. The molecular formula is C16H14BrN3O5. The van der Waals surface area contributed by atoms with Crippen LogP contribution in [0.2, 0.25) is 0 Å². The normalized spacial score (nSPS) is 17.3. The molecule has 0 saturated carbocycles. The van der Waals surface area contributed by atoms with Crippen molar-refractivity contribution in [1.29, 1.82) is 0 Å². The Bertz CT molecular complexity index is 812. The summed E-state index contributed by atoms with van der Waals surface area (Å²) in [5.41, 5.74) is 0.761. The summed E-state index contributed by atoms with van der Waals surface area (Å²) in [4.78, 5) is 22.8. The molecule has 2 aromatic rings. The SMILES string of the molecule is O=[N+]([O-])c1ccc(N2CCOC(c3ccc(Br)cc3)C2)c([N+](=O)[O-])c1. The van der Waals surface area contributed by atoms with Gasteiger partial charge in [-0.2, -0.15) is 0 Å². The molecule has 9 heteroatoms. The standard InChI is InChI=1S/C16H14BrN3O5/c17-12-3-1-11(2-4-12)16-10-18(7-8-25-16)14-6-5-13(19(21)22)9-15(14)20(23)24/h1-6,9,16H,7-8,10H2. The van der Waals surface area contributed by atoms with Gasteiger partial charge in [-0.3, -0.25) is 20.2 Å². The number of morpholine rings is 1. The molecule has 1 aliphatic heterocycles. The van der Waals surface area contributed by atoms with Crippen LogP contribution in [-0.2, 0) is 4.74 Å². The number of hydrogen-bond acceptors (Lipinski definition) is 6. The van der Waals surface area contributed by atoms with Gasteiger partial charge in [-0.25, -0.2) is 0 Å². The zero-order valence-electron chi connectivity index (χ0n) is 13.0. The summed E-state index contributed by atoms with van der Waals surface area (Å²) in [6.45, 7) is 1.32. The highest BCUT2D eigenvalue weighted by atomic mass is 79.9. The predicted molar refractivity (Wildman–Crippen MR) is 94.8 cm³/mol. The van der Waals surface area contributed by atoms with E-state index in [2.05, 4.69) is 15.9 Å². The van der Waals surface area contributed by atoms with E-state index in [1.54, 1.807) is 0 Å². The first kappa shape index (κ1) is 17.3. The molecule has 8 nitrogen and oxygen atoms in total. The van der Waals surface area contributed by atoms with E-state index in [4.69, 9.17) is 4.74 Å². The predicted octanol–water partition coefficient (Wildman–Crippen LogP) is 3.84. The van der Waals surface area contributed by atoms with Gasteiger partial charge in [0.15, 0.2) is 0 Å². The van der Waals surface area contributed by atoms with E-state index in [1.165, 1.54) is 12.1 Å². The van der Waals surface area contributed by atoms with E-state index in [9.17, 15) is 20.2 Å². The van der Waals surface area contributed by atoms with Gasteiger partial charge in [0.2, 0.25) is 0 Å². The van der Waals surface area contributed by atoms with Crippen LogP contribution in [0, 0.1) is 20.2 Å². The number of rotatable bonds is 4. The van der Waals surface area contributed by atoms with E-state index in [1.807, 2.05) is 29.2 Å². The number of nitrogens with zero attached hydrogens (tertiary/aromatic N) is 3. The summed E-state index contributed by atoms with van der Waals surface area (Å²) in [5, 5.41) is 22.2. The second-order valence-corrected chi connectivity index (χ2v) is 6.46. The first-order valence-corrected chi connectivity index (χ1v) is 8.30. The minimum absolute atomic E-state index is 0.225. The smallest absolute Gasteiger partial charge is 0.299 e. The fourth-order valence-corrected chi connectivity index (χ4v) is 3.05. The number of halogens is 1. The molecule has 1 aliphatic rings. The van der Waals surface area contributed by atoms with Crippen molar-refractivity contribution in [3.8, 4) is 0 Å². The number of nitro groups is 2. The molecule has 1 saturated heterocycles. The van der Waals surface area contributed by atoms with Gasteiger partial charge in [-0.1, -0.05) is 28.1 Å². The average molecular weight is 408 g/mol.